The Morgan fingerprint density at radius 2 is 1.66 bits per heavy atom. The van der Waals surface area contributed by atoms with Gasteiger partial charge in [-0.05, 0) is 20.8 Å². The Bertz CT molecular complexity index is 666. The molecule has 0 aromatic rings. The first-order chi connectivity index (χ1) is 16.5. The van der Waals surface area contributed by atoms with E-state index in [0.29, 0.717) is 12.8 Å². The molecule has 3 aliphatic heterocycles. The number of methoxy groups -OCH3 is 2. The molecular formula is C24H42O11. The molecule has 11 heteroatoms. The fourth-order valence-electron chi connectivity index (χ4n) is 5.07. The zero-order valence-corrected chi connectivity index (χ0v) is 21.4. The summed E-state index contributed by atoms with van der Waals surface area (Å²) in [5.74, 6) is -1.26. The van der Waals surface area contributed by atoms with Crippen molar-refractivity contribution in [1.29, 1.82) is 0 Å². The lowest BCUT2D eigenvalue weighted by molar-refractivity contribution is -0.318. The number of cyclic esters (lactones) is 1. The van der Waals surface area contributed by atoms with Crippen molar-refractivity contribution in [3.05, 3.63) is 0 Å². The minimum Gasteiger partial charge on any atom is -0.462 e. The predicted molar refractivity (Wildman–Crippen MR) is 121 cm³/mol. The first-order valence-corrected chi connectivity index (χ1v) is 12.4. The highest BCUT2D eigenvalue weighted by atomic mass is 16.7. The second kappa shape index (κ2) is 12.6. The quantitative estimate of drug-likeness (QED) is 0.373. The second-order valence-corrected chi connectivity index (χ2v) is 10.0. The van der Waals surface area contributed by atoms with Crippen LogP contribution in [0.2, 0.25) is 0 Å². The highest BCUT2D eigenvalue weighted by molar-refractivity contribution is 5.73. The maximum absolute atomic E-state index is 12.1. The van der Waals surface area contributed by atoms with E-state index in [1.54, 1.807) is 27.9 Å². The molecule has 0 amide bonds. The molecule has 3 heterocycles. The summed E-state index contributed by atoms with van der Waals surface area (Å²) in [4.78, 5) is 12.1. The number of esters is 1. The Morgan fingerprint density at radius 3 is 2.29 bits per heavy atom. The third-order valence-electron chi connectivity index (χ3n) is 7.38. The van der Waals surface area contributed by atoms with Crippen LogP contribution in [0.25, 0.3) is 0 Å². The number of aliphatic hydroxyl groups is 3. The average molecular weight is 507 g/mol. The summed E-state index contributed by atoms with van der Waals surface area (Å²) in [6.07, 6.45) is -6.06. The van der Waals surface area contributed by atoms with Gasteiger partial charge in [-0.15, -0.1) is 0 Å². The minimum absolute atomic E-state index is 0.160. The zero-order valence-electron chi connectivity index (χ0n) is 21.4. The molecule has 0 aromatic carbocycles. The van der Waals surface area contributed by atoms with E-state index >= 15 is 0 Å². The highest BCUT2D eigenvalue weighted by Crippen LogP contribution is 2.32. The molecule has 0 saturated carbocycles. The van der Waals surface area contributed by atoms with Crippen LogP contribution in [0, 0.1) is 11.8 Å². The number of hydrogen-bond acceptors (Lipinski definition) is 11. The molecule has 13 atom stereocenters. The van der Waals surface area contributed by atoms with E-state index in [0.717, 1.165) is 0 Å². The Hall–Kier alpha value is -0.890. The summed E-state index contributed by atoms with van der Waals surface area (Å²) in [5.41, 5.74) is 0. The lowest BCUT2D eigenvalue weighted by Gasteiger charge is -2.43. The third kappa shape index (κ3) is 6.91. The summed E-state index contributed by atoms with van der Waals surface area (Å²) in [7, 11) is 3.07. The summed E-state index contributed by atoms with van der Waals surface area (Å²) < 4.78 is 40.0. The van der Waals surface area contributed by atoms with Gasteiger partial charge in [0.05, 0.1) is 49.1 Å². The topological polar surface area (TPSA) is 142 Å². The van der Waals surface area contributed by atoms with E-state index in [-0.39, 0.29) is 18.9 Å². The molecule has 3 saturated heterocycles. The van der Waals surface area contributed by atoms with Crippen molar-refractivity contribution in [1.82, 2.24) is 0 Å². The number of rotatable bonds is 9. The molecule has 11 nitrogen and oxygen atoms in total. The van der Waals surface area contributed by atoms with Gasteiger partial charge in [-0.2, -0.15) is 0 Å². The number of hydrogen-bond donors (Lipinski definition) is 3. The molecule has 35 heavy (non-hydrogen) atoms. The molecule has 0 aromatic heterocycles. The van der Waals surface area contributed by atoms with Crippen molar-refractivity contribution in [2.24, 2.45) is 11.8 Å². The van der Waals surface area contributed by atoms with E-state index < -0.39 is 79.4 Å². The van der Waals surface area contributed by atoms with Gasteiger partial charge in [-0.25, -0.2) is 0 Å². The van der Waals surface area contributed by atoms with Gasteiger partial charge in [0.2, 0.25) is 0 Å². The summed E-state index contributed by atoms with van der Waals surface area (Å²) in [6, 6.07) is 0. The van der Waals surface area contributed by atoms with Crippen LogP contribution in [-0.4, -0.2) is 110 Å². The van der Waals surface area contributed by atoms with Gasteiger partial charge in [-0.1, -0.05) is 6.92 Å². The van der Waals surface area contributed by atoms with Crippen molar-refractivity contribution in [2.45, 2.75) is 114 Å². The van der Waals surface area contributed by atoms with Crippen molar-refractivity contribution in [2.75, 3.05) is 20.8 Å². The molecule has 0 aliphatic carbocycles. The number of carbonyl (C=O) groups is 1. The Morgan fingerprint density at radius 1 is 0.971 bits per heavy atom. The lowest BCUT2D eigenvalue weighted by atomic mass is 9.84. The first-order valence-electron chi connectivity index (χ1n) is 12.4. The highest BCUT2D eigenvalue weighted by Gasteiger charge is 2.44. The third-order valence-corrected chi connectivity index (χ3v) is 7.38. The smallest absolute Gasteiger partial charge is 0.311 e. The van der Waals surface area contributed by atoms with E-state index in [1.165, 1.54) is 7.11 Å². The van der Waals surface area contributed by atoms with Crippen LogP contribution in [0.5, 0.6) is 0 Å². The second-order valence-electron chi connectivity index (χ2n) is 10.0. The first kappa shape index (κ1) is 28.7. The van der Waals surface area contributed by atoms with E-state index in [2.05, 4.69) is 0 Å². The molecule has 0 radical (unpaired) electrons. The fourth-order valence-corrected chi connectivity index (χ4v) is 5.07. The SMILES string of the molecule is COC[C@@H](C[C@H]1OC(=O)[C@H](C)[C@@H](O)[C@H]1C)O[C@H]1C[C@H](O)[C@@H](O[C@H]2C[C@@H](OC)[C@H](O)[C@@H](C)O2)[C@H](C)O1. The van der Waals surface area contributed by atoms with Crippen LogP contribution < -0.4 is 0 Å². The molecule has 0 unspecified atom stereocenters. The molecule has 0 spiro atoms. The van der Waals surface area contributed by atoms with Crippen LogP contribution in [0.15, 0.2) is 0 Å². The maximum atomic E-state index is 12.1. The molecular weight excluding hydrogens is 464 g/mol. The molecule has 3 N–H and O–H groups in total. The fraction of sp³-hybridized carbons (Fsp3) is 0.958. The van der Waals surface area contributed by atoms with Crippen molar-refractivity contribution >= 4 is 5.97 Å². The van der Waals surface area contributed by atoms with E-state index in [9.17, 15) is 20.1 Å². The van der Waals surface area contributed by atoms with Gasteiger partial charge >= 0.3 is 5.97 Å². The van der Waals surface area contributed by atoms with Crippen LogP contribution in [0.3, 0.4) is 0 Å². The monoisotopic (exact) mass is 506 g/mol. The Balaban J connectivity index is 1.56. The summed E-state index contributed by atoms with van der Waals surface area (Å²) in [6.45, 7) is 7.25. The minimum atomic E-state index is -0.882. The molecule has 3 fully saturated rings. The Kier molecular flexibility index (Phi) is 10.3. The van der Waals surface area contributed by atoms with Crippen LogP contribution in [0.1, 0.15) is 47.0 Å². The Labute approximate surface area is 206 Å². The number of carbonyl (C=O) groups excluding carboxylic acids is 1. The van der Waals surface area contributed by atoms with Gasteiger partial charge in [0, 0.05) is 39.4 Å². The maximum Gasteiger partial charge on any atom is 0.311 e. The van der Waals surface area contributed by atoms with Gasteiger partial charge in [-0.3, -0.25) is 4.79 Å². The van der Waals surface area contributed by atoms with Crippen molar-refractivity contribution in [3.8, 4) is 0 Å². The molecule has 3 aliphatic rings. The van der Waals surface area contributed by atoms with Gasteiger partial charge in [0.1, 0.15) is 18.3 Å². The van der Waals surface area contributed by atoms with Crippen LogP contribution in [0.4, 0.5) is 0 Å². The molecule has 3 rings (SSSR count). The predicted octanol–water partition coefficient (Wildman–Crippen LogP) is 0.358. The number of ether oxygens (including phenoxy) is 7. The van der Waals surface area contributed by atoms with Gasteiger partial charge in [0.15, 0.2) is 12.6 Å². The van der Waals surface area contributed by atoms with E-state index in [4.69, 9.17) is 33.2 Å². The summed E-state index contributed by atoms with van der Waals surface area (Å²) in [5, 5.41) is 31.4. The van der Waals surface area contributed by atoms with E-state index in [1.807, 2.05) is 6.92 Å². The molecule has 0 bridgehead atoms. The standard InChI is InChI=1S/C24H42O11/c1-11-17(34-24(28)12(2)21(11)26)7-15(10-29-5)33-19-8-16(25)23(14(4)32-19)35-20-9-18(30-6)22(27)13(3)31-20/h11-23,25-27H,7-10H2,1-6H3/t11-,12+,13+,14-,15+,16-,17+,18+,19-,20-,21-,22+,23-/m0/s1. The normalized spacial score (nSPS) is 45.7. The summed E-state index contributed by atoms with van der Waals surface area (Å²) >= 11 is 0. The number of aliphatic hydroxyl groups excluding tert-OH is 3. The van der Waals surface area contributed by atoms with Gasteiger partial charge < -0.3 is 48.5 Å². The average Bonchev–Trinajstić information content (AvgIpc) is 2.80. The van der Waals surface area contributed by atoms with Crippen molar-refractivity contribution in [3.63, 3.8) is 0 Å². The molecule has 204 valence electrons. The lowest BCUT2D eigenvalue weighted by Crippen LogP contribution is -2.55. The van der Waals surface area contributed by atoms with Crippen LogP contribution >= 0.6 is 0 Å². The van der Waals surface area contributed by atoms with Crippen LogP contribution in [-0.2, 0) is 38.0 Å². The van der Waals surface area contributed by atoms with Crippen molar-refractivity contribution < 1.29 is 53.3 Å². The largest absolute Gasteiger partial charge is 0.462 e. The van der Waals surface area contributed by atoms with Gasteiger partial charge in [0.25, 0.3) is 0 Å². The zero-order chi connectivity index (χ0) is 25.9.